The Hall–Kier alpha value is -1.56. The average Bonchev–Trinajstić information content (AvgIpc) is 2.45. The highest BCUT2D eigenvalue weighted by atomic mass is 19.4. The summed E-state index contributed by atoms with van der Waals surface area (Å²) in [6.07, 6.45) is -3.70. The third-order valence-corrected chi connectivity index (χ3v) is 3.95. The molecule has 2 atom stereocenters. The predicted molar refractivity (Wildman–Crippen MR) is 79.6 cm³/mol. The summed E-state index contributed by atoms with van der Waals surface area (Å²) >= 11 is 0. The number of nitrogens with one attached hydrogen (secondary N) is 2. The maximum Gasteiger partial charge on any atom is 0.389 e. The predicted octanol–water partition coefficient (Wildman–Crippen LogP) is 3.51. The average molecular weight is 314 g/mol. The zero-order valence-corrected chi connectivity index (χ0v) is 12.5. The lowest BCUT2D eigenvalue weighted by molar-refractivity contribution is -0.133. The lowest BCUT2D eigenvalue weighted by Gasteiger charge is -2.27. The summed E-state index contributed by atoms with van der Waals surface area (Å²) < 4.78 is 37.1. The van der Waals surface area contributed by atoms with E-state index in [2.05, 4.69) is 10.6 Å². The van der Waals surface area contributed by atoms with E-state index in [-0.39, 0.29) is 24.3 Å². The number of carbonyl (C=O) groups is 1. The van der Waals surface area contributed by atoms with Gasteiger partial charge in [-0.25, -0.2) is 0 Å². The first kappa shape index (κ1) is 16.8. The summed E-state index contributed by atoms with van der Waals surface area (Å²) in [7, 11) is 0. The van der Waals surface area contributed by atoms with Crippen LogP contribution in [0.2, 0.25) is 0 Å². The van der Waals surface area contributed by atoms with Gasteiger partial charge in [0.1, 0.15) is 0 Å². The minimum atomic E-state index is -4.19. The van der Waals surface area contributed by atoms with E-state index >= 15 is 0 Å². The number of carbonyl (C=O) groups excluding carboxylic acids is 1. The van der Waals surface area contributed by atoms with Gasteiger partial charge in [0.05, 0.1) is 0 Å². The molecule has 0 unspecified atom stereocenters. The summed E-state index contributed by atoms with van der Waals surface area (Å²) in [4.78, 5) is 12.3. The van der Waals surface area contributed by atoms with Crippen molar-refractivity contribution in [2.24, 2.45) is 5.92 Å². The zero-order valence-electron chi connectivity index (χ0n) is 12.5. The molecule has 122 valence electrons. The van der Waals surface area contributed by atoms with Gasteiger partial charge >= 0.3 is 6.18 Å². The summed E-state index contributed by atoms with van der Waals surface area (Å²) in [6, 6.07) is 6.98. The lowest BCUT2D eigenvalue weighted by atomic mass is 9.92. The van der Waals surface area contributed by atoms with Crippen molar-refractivity contribution in [3.05, 3.63) is 29.8 Å². The third kappa shape index (κ3) is 5.02. The van der Waals surface area contributed by atoms with Gasteiger partial charge in [-0.05, 0) is 44.4 Å². The van der Waals surface area contributed by atoms with E-state index in [1.54, 1.807) is 24.3 Å². The standard InChI is InChI=1S/C16H21F3N2O/c1-11-10-13(7-9-20-11)15(22)21-14-5-3-2-4-12(14)6-8-16(17,18)19/h2-5,11,13,20H,6-10H2,1H3,(H,21,22)/t11-,13-/m0/s1. The van der Waals surface area contributed by atoms with Gasteiger partial charge in [-0.3, -0.25) is 4.79 Å². The molecule has 1 aliphatic heterocycles. The molecule has 1 saturated heterocycles. The van der Waals surface area contributed by atoms with Crippen LogP contribution in [0, 0.1) is 5.92 Å². The van der Waals surface area contributed by atoms with Gasteiger partial charge in [0, 0.05) is 24.1 Å². The highest BCUT2D eigenvalue weighted by molar-refractivity contribution is 5.93. The molecule has 0 radical (unpaired) electrons. The van der Waals surface area contributed by atoms with Crippen LogP contribution in [0.25, 0.3) is 0 Å². The molecule has 1 fully saturated rings. The number of para-hydroxylation sites is 1. The third-order valence-electron chi connectivity index (χ3n) is 3.95. The van der Waals surface area contributed by atoms with Crippen LogP contribution in [0.4, 0.5) is 18.9 Å². The minimum Gasteiger partial charge on any atom is -0.326 e. The Morgan fingerprint density at radius 3 is 2.77 bits per heavy atom. The normalized spacial score (nSPS) is 22.4. The molecule has 0 bridgehead atoms. The Morgan fingerprint density at radius 1 is 1.36 bits per heavy atom. The van der Waals surface area contributed by atoms with Gasteiger partial charge in [-0.1, -0.05) is 18.2 Å². The van der Waals surface area contributed by atoms with Crippen molar-refractivity contribution in [3.8, 4) is 0 Å². The van der Waals surface area contributed by atoms with E-state index in [1.165, 1.54) is 0 Å². The Morgan fingerprint density at radius 2 is 2.09 bits per heavy atom. The number of halogens is 3. The number of anilines is 1. The zero-order chi connectivity index (χ0) is 16.2. The van der Waals surface area contributed by atoms with Crippen molar-refractivity contribution in [1.82, 2.24) is 5.32 Å². The van der Waals surface area contributed by atoms with Gasteiger partial charge in [0.2, 0.25) is 5.91 Å². The number of amides is 1. The van der Waals surface area contributed by atoms with Crippen molar-refractivity contribution in [2.75, 3.05) is 11.9 Å². The van der Waals surface area contributed by atoms with Gasteiger partial charge in [0.25, 0.3) is 0 Å². The molecule has 1 amide bonds. The van der Waals surface area contributed by atoms with Gasteiger partial charge in [0.15, 0.2) is 0 Å². The second kappa shape index (κ2) is 7.13. The van der Waals surface area contributed by atoms with E-state index in [9.17, 15) is 18.0 Å². The molecule has 1 aliphatic rings. The smallest absolute Gasteiger partial charge is 0.326 e. The molecule has 2 N–H and O–H groups in total. The van der Waals surface area contributed by atoms with Crippen molar-refractivity contribution in [3.63, 3.8) is 0 Å². The number of benzene rings is 1. The molecule has 2 rings (SSSR count). The molecule has 3 nitrogen and oxygen atoms in total. The minimum absolute atomic E-state index is 0.0908. The highest BCUT2D eigenvalue weighted by Crippen LogP contribution is 2.26. The van der Waals surface area contributed by atoms with E-state index in [0.717, 1.165) is 19.4 Å². The molecule has 0 aromatic heterocycles. The van der Waals surface area contributed by atoms with Gasteiger partial charge < -0.3 is 10.6 Å². The van der Waals surface area contributed by atoms with Crippen LogP contribution in [0.3, 0.4) is 0 Å². The number of rotatable bonds is 4. The monoisotopic (exact) mass is 314 g/mol. The summed E-state index contributed by atoms with van der Waals surface area (Å²) in [6.45, 7) is 2.81. The fourth-order valence-electron chi connectivity index (χ4n) is 2.74. The second-order valence-corrected chi connectivity index (χ2v) is 5.84. The number of aryl methyl sites for hydroxylation is 1. The molecule has 6 heteroatoms. The van der Waals surface area contributed by atoms with Crippen LogP contribution >= 0.6 is 0 Å². The fourth-order valence-corrected chi connectivity index (χ4v) is 2.74. The molecular weight excluding hydrogens is 293 g/mol. The van der Waals surface area contributed by atoms with Gasteiger partial charge in [-0.15, -0.1) is 0 Å². The summed E-state index contributed by atoms with van der Waals surface area (Å²) in [5.41, 5.74) is 1.01. The highest BCUT2D eigenvalue weighted by Gasteiger charge is 2.28. The van der Waals surface area contributed by atoms with Crippen molar-refractivity contribution >= 4 is 11.6 Å². The first-order valence-corrected chi connectivity index (χ1v) is 7.54. The Balaban J connectivity index is 2.01. The van der Waals surface area contributed by atoms with Crippen LogP contribution in [0.5, 0.6) is 0 Å². The lowest BCUT2D eigenvalue weighted by Crippen LogP contribution is -2.40. The van der Waals surface area contributed by atoms with Gasteiger partial charge in [-0.2, -0.15) is 13.2 Å². The fraction of sp³-hybridized carbons (Fsp3) is 0.562. The van der Waals surface area contributed by atoms with E-state index in [0.29, 0.717) is 11.3 Å². The number of hydrogen-bond donors (Lipinski definition) is 2. The van der Waals surface area contributed by atoms with Crippen LogP contribution in [-0.4, -0.2) is 24.7 Å². The van der Waals surface area contributed by atoms with Crippen molar-refractivity contribution in [2.45, 2.75) is 44.8 Å². The second-order valence-electron chi connectivity index (χ2n) is 5.84. The van der Waals surface area contributed by atoms with E-state index in [4.69, 9.17) is 0 Å². The van der Waals surface area contributed by atoms with Crippen LogP contribution < -0.4 is 10.6 Å². The Bertz CT molecular complexity index is 516. The molecule has 0 spiro atoms. The van der Waals surface area contributed by atoms with Crippen LogP contribution in [-0.2, 0) is 11.2 Å². The maximum atomic E-state index is 12.4. The first-order chi connectivity index (χ1) is 10.3. The molecule has 22 heavy (non-hydrogen) atoms. The van der Waals surface area contributed by atoms with Crippen molar-refractivity contribution in [1.29, 1.82) is 0 Å². The molecule has 0 saturated carbocycles. The molecule has 1 aromatic carbocycles. The topological polar surface area (TPSA) is 41.1 Å². The number of piperidine rings is 1. The van der Waals surface area contributed by atoms with Crippen LogP contribution in [0.1, 0.15) is 31.7 Å². The maximum absolute atomic E-state index is 12.4. The van der Waals surface area contributed by atoms with E-state index < -0.39 is 12.6 Å². The largest absolute Gasteiger partial charge is 0.389 e. The molecule has 1 heterocycles. The SMILES string of the molecule is C[C@H]1C[C@@H](C(=O)Nc2ccccc2CCC(F)(F)F)CCN1. The Kier molecular flexibility index (Phi) is 5.45. The first-order valence-electron chi connectivity index (χ1n) is 7.54. The number of hydrogen-bond acceptors (Lipinski definition) is 2. The number of alkyl halides is 3. The summed E-state index contributed by atoms with van der Waals surface area (Å²) in [5.74, 6) is -0.195. The summed E-state index contributed by atoms with van der Waals surface area (Å²) in [5, 5.41) is 6.08. The van der Waals surface area contributed by atoms with Crippen molar-refractivity contribution < 1.29 is 18.0 Å². The molecule has 1 aromatic rings. The van der Waals surface area contributed by atoms with E-state index in [1.807, 2.05) is 6.92 Å². The van der Waals surface area contributed by atoms with Crippen LogP contribution in [0.15, 0.2) is 24.3 Å². The Labute approximate surface area is 128 Å². The quantitative estimate of drug-likeness (QED) is 0.893. The molecular formula is C16H21F3N2O. The molecule has 0 aliphatic carbocycles.